The summed E-state index contributed by atoms with van der Waals surface area (Å²) in [5.41, 5.74) is -0.324. The lowest BCUT2D eigenvalue weighted by molar-refractivity contribution is -0.137. The van der Waals surface area contributed by atoms with E-state index in [1.165, 1.54) is 13.0 Å². The molecular formula is C17H16ClF3N4O3. The first kappa shape index (κ1) is 21.5. The number of alkyl halides is 3. The highest BCUT2D eigenvalue weighted by molar-refractivity contribution is 6.31. The van der Waals surface area contributed by atoms with Gasteiger partial charge in [0.1, 0.15) is 10.7 Å². The second-order valence-corrected chi connectivity index (χ2v) is 6.19. The molecule has 0 aliphatic heterocycles. The summed E-state index contributed by atoms with van der Waals surface area (Å²) in [5, 5.41) is 2.14. The third-order valence-electron chi connectivity index (χ3n) is 3.35. The number of nitrogens with one attached hydrogen (secondary N) is 1. The van der Waals surface area contributed by atoms with Gasteiger partial charge in [-0.25, -0.2) is 15.0 Å². The van der Waals surface area contributed by atoms with Crippen LogP contribution in [0.2, 0.25) is 5.02 Å². The van der Waals surface area contributed by atoms with Crippen LogP contribution < -0.4 is 10.1 Å². The van der Waals surface area contributed by atoms with Crippen LogP contribution in [0, 0.1) is 6.92 Å². The number of carbonyl (C=O) groups is 2. The summed E-state index contributed by atoms with van der Waals surface area (Å²) in [6, 6.07) is 2.21. The Labute approximate surface area is 163 Å². The normalized spacial score (nSPS) is 11.2. The average molecular weight is 417 g/mol. The van der Waals surface area contributed by atoms with E-state index in [0.717, 1.165) is 6.07 Å². The van der Waals surface area contributed by atoms with Crippen LogP contribution >= 0.6 is 11.6 Å². The molecule has 0 atom stereocenters. The Morgan fingerprint density at radius 2 is 1.96 bits per heavy atom. The molecule has 2 rings (SSSR count). The molecule has 11 heteroatoms. The standard InChI is InChI=1S/C17H16ClF3N4O3/c1-9-6-13(25-16(23-9)24-10(2)26)14(27)4-3-5-28-15-12(18)7-11(8-22-15)17(19,20)21/h6-8H,3-5H2,1-2H3,(H,23,24,25,26). The summed E-state index contributed by atoms with van der Waals surface area (Å²) >= 11 is 5.74. The summed E-state index contributed by atoms with van der Waals surface area (Å²) in [4.78, 5) is 34.9. The van der Waals surface area contributed by atoms with E-state index in [4.69, 9.17) is 16.3 Å². The number of anilines is 1. The van der Waals surface area contributed by atoms with Gasteiger partial charge in [-0.1, -0.05) is 11.6 Å². The molecule has 0 radical (unpaired) electrons. The molecule has 28 heavy (non-hydrogen) atoms. The summed E-state index contributed by atoms with van der Waals surface area (Å²) in [5.74, 6) is -0.772. The van der Waals surface area contributed by atoms with E-state index in [0.29, 0.717) is 11.9 Å². The zero-order valence-electron chi connectivity index (χ0n) is 14.9. The number of pyridine rings is 1. The molecule has 150 valence electrons. The van der Waals surface area contributed by atoms with Crippen LogP contribution in [0.1, 0.15) is 41.5 Å². The lowest BCUT2D eigenvalue weighted by Gasteiger charge is -2.10. The molecular weight excluding hydrogens is 401 g/mol. The predicted octanol–water partition coefficient (Wildman–Crippen LogP) is 3.85. The van der Waals surface area contributed by atoms with Crippen molar-refractivity contribution < 1.29 is 27.5 Å². The first-order valence-electron chi connectivity index (χ1n) is 8.08. The number of amides is 1. The largest absolute Gasteiger partial charge is 0.477 e. The van der Waals surface area contributed by atoms with Crippen LogP contribution in [0.25, 0.3) is 0 Å². The highest BCUT2D eigenvalue weighted by atomic mass is 35.5. The van der Waals surface area contributed by atoms with Crippen LogP contribution in [-0.4, -0.2) is 33.2 Å². The van der Waals surface area contributed by atoms with Gasteiger partial charge in [0, 0.05) is 25.2 Å². The van der Waals surface area contributed by atoms with Crippen LogP contribution in [0.5, 0.6) is 5.88 Å². The Balaban J connectivity index is 1.91. The predicted molar refractivity (Wildman–Crippen MR) is 94.4 cm³/mol. The van der Waals surface area contributed by atoms with Gasteiger partial charge in [0.2, 0.25) is 17.7 Å². The smallest absolute Gasteiger partial charge is 0.417 e. The van der Waals surface area contributed by atoms with E-state index < -0.39 is 11.7 Å². The zero-order chi connectivity index (χ0) is 20.9. The van der Waals surface area contributed by atoms with E-state index in [2.05, 4.69) is 20.3 Å². The van der Waals surface area contributed by atoms with Crippen molar-refractivity contribution in [3.63, 3.8) is 0 Å². The van der Waals surface area contributed by atoms with Gasteiger partial charge in [-0.2, -0.15) is 13.2 Å². The van der Waals surface area contributed by atoms with E-state index in [9.17, 15) is 22.8 Å². The summed E-state index contributed by atoms with van der Waals surface area (Å²) in [6.45, 7) is 2.97. The first-order valence-corrected chi connectivity index (χ1v) is 8.46. The van der Waals surface area contributed by atoms with Crippen LogP contribution in [0.15, 0.2) is 18.3 Å². The fraction of sp³-hybridized carbons (Fsp3) is 0.353. The molecule has 0 spiro atoms. The number of halogens is 4. The van der Waals surface area contributed by atoms with Gasteiger partial charge in [-0.15, -0.1) is 0 Å². The van der Waals surface area contributed by atoms with E-state index in [-0.39, 0.29) is 53.7 Å². The molecule has 0 aliphatic carbocycles. The lowest BCUT2D eigenvalue weighted by atomic mass is 10.1. The monoisotopic (exact) mass is 416 g/mol. The van der Waals surface area contributed by atoms with Crippen molar-refractivity contribution in [2.45, 2.75) is 32.9 Å². The highest BCUT2D eigenvalue weighted by Crippen LogP contribution is 2.33. The van der Waals surface area contributed by atoms with Crippen LogP contribution in [0.4, 0.5) is 19.1 Å². The third kappa shape index (κ3) is 6.15. The average Bonchev–Trinajstić information content (AvgIpc) is 2.57. The quantitative estimate of drug-likeness (QED) is 0.544. The van der Waals surface area contributed by atoms with Crippen molar-refractivity contribution >= 4 is 29.2 Å². The summed E-state index contributed by atoms with van der Waals surface area (Å²) in [6.07, 6.45) is -3.60. The van der Waals surface area contributed by atoms with Crippen molar-refractivity contribution in [1.82, 2.24) is 15.0 Å². The third-order valence-corrected chi connectivity index (χ3v) is 3.62. The van der Waals surface area contributed by atoms with E-state index in [1.54, 1.807) is 6.92 Å². The van der Waals surface area contributed by atoms with E-state index >= 15 is 0 Å². The topological polar surface area (TPSA) is 94.1 Å². The number of rotatable bonds is 7. The molecule has 0 unspecified atom stereocenters. The van der Waals surface area contributed by atoms with Gasteiger partial charge < -0.3 is 4.74 Å². The molecule has 2 aromatic rings. The Hall–Kier alpha value is -2.75. The molecule has 2 aromatic heterocycles. The molecule has 0 saturated carbocycles. The SMILES string of the molecule is CC(=O)Nc1nc(C)cc(C(=O)CCCOc2ncc(C(F)(F)F)cc2Cl)n1. The number of nitrogens with zero attached hydrogens (tertiary/aromatic N) is 3. The molecule has 1 N–H and O–H groups in total. The number of ketones is 1. The van der Waals surface area contributed by atoms with Crippen molar-refractivity contribution in [3.05, 3.63) is 40.3 Å². The number of aromatic nitrogens is 3. The zero-order valence-corrected chi connectivity index (χ0v) is 15.7. The first-order chi connectivity index (χ1) is 13.1. The maximum atomic E-state index is 12.6. The van der Waals surface area contributed by atoms with Gasteiger partial charge in [0.15, 0.2) is 5.78 Å². The van der Waals surface area contributed by atoms with Crippen molar-refractivity contribution in [3.8, 4) is 5.88 Å². The summed E-state index contributed by atoms with van der Waals surface area (Å²) < 4.78 is 43.0. The Morgan fingerprint density at radius 3 is 2.57 bits per heavy atom. The minimum absolute atomic E-state index is 0.0203. The second kappa shape index (κ2) is 8.96. The highest BCUT2D eigenvalue weighted by Gasteiger charge is 2.31. The second-order valence-electron chi connectivity index (χ2n) is 5.78. The number of carbonyl (C=O) groups excluding carboxylic acids is 2. The fourth-order valence-electron chi connectivity index (χ4n) is 2.14. The minimum atomic E-state index is -4.55. The number of aryl methyl sites for hydroxylation is 1. The maximum absolute atomic E-state index is 12.6. The molecule has 0 aliphatic rings. The minimum Gasteiger partial charge on any atom is -0.477 e. The molecule has 7 nitrogen and oxygen atoms in total. The molecule has 2 heterocycles. The molecule has 1 amide bonds. The Bertz CT molecular complexity index is 890. The summed E-state index contributed by atoms with van der Waals surface area (Å²) in [7, 11) is 0. The maximum Gasteiger partial charge on any atom is 0.417 e. The van der Waals surface area contributed by atoms with Gasteiger partial charge >= 0.3 is 6.18 Å². The van der Waals surface area contributed by atoms with E-state index in [1.807, 2.05) is 0 Å². The van der Waals surface area contributed by atoms with Gasteiger partial charge in [0.05, 0.1) is 12.2 Å². The van der Waals surface area contributed by atoms with Crippen molar-refractivity contribution in [2.24, 2.45) is 0 Å². The molecule has 0 bridgehead atoms. The number of Topliss-reactive ketones (excluding diaryl/α,β-unsaturated/α-hetero) is 1. The van der Waals surface area contributed by atoms with Crippen LogP contribution in [-0.2, 0) is 11.0 Å². The number of ether oxygens (including phenoxy) is 1. The Kier molecular flexibility index (Phi) is 6.90. The van der Waals surface area contributed by atoms with Crippen molar-refractivity contribution in [2.75, 3.05) is 11.9 Å². The molecule has 0 fully saturated rings. The van der Waals surface area contributed by atoms with Gasteiger partial charge in [-0.05, 0) is 25.5 Å². The number of hydrogen-bond acceptors (Lipinski definition) is 6. The lowest BCUT2D eigenvalue weighted by Crippen LogP contribution is -2.13. The van der Waals surface area contributed by atoms with Gasteiger partial charge in [-0.3, -0.25) is 14.9 Å². The van der Waals surface area contributed by atoms with Gasteiger partial charge in [0.25, 0.3) is 0 Å². The number of hydrogen-bond donors (Lipinski definition) is 1. The Morgan fingerprint density at radius 1 is 1.25 bits per heavy atom. The van der Waals surface area contributed by atoms with Crippen molar-refractivity contribution in [1.29, 1.82) is 0 Å². The molecule has 0 saturated heterocycles. The van der Waals surface area contributed by atoms with Crippen LogP contribution in [0.3, 0.4) is 0 Å². The fourth-order valence-corrected chi connectivity index (χ4v) is 2.36. The molecule has 0 aromatic carbocycles.